The molecular weight excluding hydrogens is 194 g/mol. The van der Waals surface area contributed by atoms with Gasteiger partial charge in [0.1, 0.15) is 0 Å². The van der Waals surface area contributed by atoms with Crippen molar-refractivity contribution in [1.82, 2.24) is 4.90 Å². The number of nitrogens with zero attached hydrogens (tertiary/aromatic N) is 1. The molecule has 0 unspecified atom stereocenters. The van der Waals surface area contributed by atoms with Crippen molar-refractivity contribution in [3.63, 3.8) is 0 Å². The summed E-state index contributed by atoms with van der Waals surface area (Å²) in [5, 5.41) is 8.86. The first-order valence-corrected chi connectivity index (χ1v) is 5.64. The first-order valence-electron chi connectivity index (χ1n) is 5.64. The van der Waals surface area contributed by atoms with Crippen molar-refractivity contribution in [2.45, 2.75) is 26.3 Å². The maximum atomic E-state index is 8.86. The van der Waals surface area contributed by atoms with Crippen LogP contribution in [0.4, 0.5) is 0 Å². The lowest BCUT2D eigenvalue weighted by Gasteiger charge is -2.25. The Morgan fingerprint density at radius 2 is 1.87 bits per heavy atom. The third kappa shape index (κ3) is 8.81. The smallest absolute Gasteiger partial charge is 0.0593 e. The fourth-order valence-corrected chi connectivity index (χ4v) is 1.35. The second-order valence-electron chi connectivity index (χ2n) is 3.81. The molecule has 1 N–H and O–H groups in total. The molecule has 0 aliphatic heterocycles. The molecule has 4 nitrogen and oxygen atoms in total. The summed E-state index contributed by atoms with van der Waals surface area (Å²) in [6.45, 7) is 8.29. The van der Waals surface area contributed by atoms with Gasteiger partial charge in [-0.3, -0.25) is 4.90 Å². The fourth-order valence-electron chi connectivity index (χ4n) is 1.35. The van der Waals surface area contributed by atoms with Gasteiger partial charge >= 0.3 is 0 Å². The molecule has 0 spiro atoms. The molecule has 0 aromatic heterocycles. The Morgan fingerprint density at radius 1 is 1.13 bits per heavy atom. The van der Waals surface area contributed by atoms with Crippen LogP contribution >= 0.6 is 0 Å². The van der Waals surface area contributed by atoms with Crippen molar-refractivity contribution in [1.29, 1.82) is 0 Å². The van der Waals surface area contributed by atoms with E-state index in [-0.39, 0.29) is 6.61 Å². The van der Waals surface area contributed by atoms with Crippen LogP contribution in [0.3, 0.4) is 0 Å². The van der Waals surface area contributed by atoms with Crippen LogP contribution in [-0.4, -0.2) is 62.7 Å². The van der Waals surface area contributed by atoms with Gasteiger partial charge in [0, 0.05) is 39.5 Å². The van der Waals surface area contributed by atoms with Gasteiger partial charge in [0.2, 0.25) is 0 Å². The van der Waals surface area contributed by atoms with E-state index in [0.717, 1.165) is 39.3 Å². The monoisotopic (exact) mass is 219 g/mol. The molecule has 0 radical (unpaired) electrons. The summed E-state index contributed by atoms with van der Waals surface area (Å²) in [5.74, 6) is 0. The van der Waals surface area contributed by atoms with Gasteiger partial charge in [-0.05, 0) is 20.3 Å². The topological polar surface area (TPSA) is 41.9 Å². The van der Waals surface area contributed by atoms with Crippen LogP contribution in [0.2, 0.25) is 0 Å². The number of aliphatic hydroxyl groups excluding tert-OH is 1. The van der Waals surface area contributed by atoms with Gasteiger partial charge in [0.25, 0.3) is 0 Å². The molecule has 0 aromatic rings. The second-order valence-corrected chi connectivity index (χ2v) is 3.81. The van der Waals surface area contributed by atoms with E-state index >= 15 is 0 Å². The van der Waals surface area contributed by atoms with E-state index in [9.17, 15) is 0 Å². The summed E-state index contributed by atoms with van der Waals surface area (Å²) in [5.41, 5.74) is 0. The van der Waals surface area contributed by atoms with Crippen LogP contribution in [0.25, 0.3) is 0 Å². The number of hydrogen-bond donors (Lipinski definition) is 1. The number of ether oxygens (including phenoxy) is 2. The average molecular weight is 219 g/mol. The first kappa shape index (κ1) is 14.8. The quantitative estimate of drug-likeness (QED) is 0.550. The molecule has 4 heteroatoms. The zero-order valence-corrected chi connectivity index (χ0v) is 10.2. The van der Waals surface area contributed by atoms with Crippen LogP contribution in [0.5, 0.6) is 0 Å². The van der Waals surface area contributed by atoms with E-state index in [1.165, 1.54) is 0 Å². The Kier molecular flexibility index (Phi) is 10.3. The van der Waals surface area contributed by atoms with Crippen LogP contribution in [0, 0.1) is 0 Å². The number of rotatable bonds is 10. The lowest BCUT2D eigenvalue weighted by Crippen LogP contribution is -2.36. The molecule has 0 saturated carbocycles. The second kappa shape index (κ2) is 10.4. The highest BCUT2D eigenvalue weighted by Crippen LogP contribution is 1.97. The maximum absolute atomic E-state index is 8.86. The van der Waals surface area contributed by atoms with Crippen molar-refractivity contribution < 1.29 is 14.6 Å². The van der Waals surface area contributed by atoms with Crippen molar-refractivity contribution in [2.75, 3.05) is 46.6 Å². The number of hydrogen-bond acceptors (Lipinski definition) is 4. The first-order chi connectivity index (χ1) is 7.22. The Morgan fingerprint density at radius 3 is 2.40 bits per heavy atom. The van der Waals surface area contributed by atoms with Gasteiger partial charge in [0.15, 0.2) is 0 Å². The molecule has 0 aromatic carbocycles. The fraction of sp³-hybridized carbons (Fsp3) is 1.00. The minimum Gasteiger partial charge on any atom is -0.395 e. The van der Waals surface area contributed by atoms with Crippen molar-refractivity contribution in [2.24, 2.45) is 0 Å². The van der Waals surface area contributed by atoms with E-state index in [4.69, 9.17) is 14.6 Å². The van der Waals surface area contributed by atoms with Gasteiger partial charge < -0.3 is 14.6 Å². The summed E-state index contributed by atoms with van der Waals surface area (Å²) in [6.07, 6.45) is 0.943. The summed E-state index contributed by atoms with van der Waals surface area (Å²) in [7, 11) is 1.70. The summed E-state index contributed by atoms with van der Waals surface area (Å²) in [6, 6.07) is 0.458. The van der Waals surface area contributed by atoms with Crippen LogP contribution < -0.4 is 0 Å². The number of aliphatic hydroxyl groups is 1. The van der Waals surface area contributed by atoms with Crippen molar-refractivity contribution in [3.8, 4) is 0 Å². The summed E-state index contributed by atoms with van der Waals surface area (Å²) in [4.78, 5) is 2.20. The molecule has 0 rings (SSSR count). The van der Waals surface area contributed by atoms with Crippen molar-refractivity contribution >= 4 is 0 Å². The zero-order chi connectivity index (χ0) is 11.5. The minimum atomic E-state index is 0.210. The summed E-state index contributed by atoms with van der Waals surface area (Å²) < 4.78 is 10.4. The Hall–Kier alpha value is -0.160. The third-order valence-electron chi connectivity index (χ3n) is 2.28. The minimum absolute atomic E-state index is 0.210. The molecule has 0 heterocycles. The molecule has 0 fully saturated rings. The van der Waals surface area contributed by atoms with Crippen molar-refractivity contribution in [3.05, 3.63) is 0 Å². The van der Waals surface area contributed by atoms with Gasteiger partial charge in [0.05, 0.1) is 13.2 Å². The van der Waals surface area contributed by atoms with Crippen LogP contribution in [-0.2, 0) is 9.47 Å². The Bertz CT molecular complexity index is 131. The van der Waals surface area contributed by atoms with Gasteiger partial charge in [-0.1, -0.05) is 0 Å². The van der Waals surface area contributed by atoms with E-state index in [0.29, 0.717) is 6.04 Å². The lowest BCUT2D eigenvalue weighted by atomic mass is 10.3. The largest absolute Gasteiger partial charge is 0.395 e. The van der Waals surface area contributed by atoms with E-state index in [1.807, 2.05) is 0 Å². The van der Waals surface area contributed by atoms with E-state index in [2.05, 4.69) is 18.7 Å². The molecule has 92 valence electrons. The summed E-state index contributed by atoms with van der Waals surface area (Å²) >= 11 is 0. The Labute approximate surface area is 93.2 Å². The highest BCUT2D eigenvalue weighted by atomic mass is 16.5. The number of methoxy groups -OCH3 is 1. The van der Waals surface area contributed by atoms with Gasteiger partial charge in [-0.25, -0.2) is 0 Å². The van der Waals surface area contributed by atoms with Gasteiger partial charge in [-0.15, -0.1) is 0 Å². The molecular formula is C11H25NO3. The molecule has 0 aliphatic rings. The predicted molar refractivity (Wildman–Crippen MR) is 61.1 cm³/mol. The predicted octanol–water partition coefficient (Wildman–Crippen LogP) is 0.742. The highest BCUT2D eigenvalue weighted by Gasteiger charge is 2.07. The lowest BCUT2D eigenvalue weighted by molar-refractivity contribution is 0.0700. The SMILES string of the molecule is COCCCOCCN(CCO)C(C)C. The molecule has 0 saturated heterocycles. The zero-order valence-electron chi connectivity index (χ0n) is 10.2. The average Bonchev–Trinajstić information content (AvgIpc) is 2.21. The normalized spacial score (nSPS) is 11.6. The van der Waals surface area contributed by atoms with Crippen LogP contribution in [0.15, 0.2) is 0 Å². The molecule has 0 bridgehead atoms. The molecule has 0 atom stereocenters. The van der Waals surface area contributed by atoms with Crippen LogP contribution in [0.1, 0.15) is 20.3 Å². The van der Waals surface area contributed by atoms with E-state index < -0.39 is 0 Å². The molecule has 0 aliphatic carbocycles. The standard InChI is InChI=1S/C11H25NO3/c1-11(2)12(5-7-13)6-10-15-9-4-8-14-3/h11,13H,4-10H2,1-3H3. The Balaban J connectivity index is 3.37. The molecule has 15 heavy (non-hydrogen) atoms. The third-order valence-corrected chi connectivity index (χ3v) is 2.28. The highest BCUT2D eigenvalue weighted by molar-refractivity contribution is 4.61. The maximum Gasteiger partial charge on any atom is 0.0593 e. The van der Waals surface area contributed by atoms with E-state index in [1.54, 1.807) is 7.11 Å². The van der Waals surface area contributed by atoms with Gasteiger partial charge in [-0.2, -0.15) is 0 Å². The molecule has 0 amide bonds.